The van der Waals surface area contributed by atoms with Crippen LogP contribution >= 0.6 is 0 Å². The van der Waals surface area contributed by atoms with Gasteiger partial charge in [0.15, 0.2) is 0 Å². The minimum Gasteiger partial charge on any atom is -0.393 e. The van der Waals surface area contributed by atoms with Gasteiger partial charge < -0.3 is 5.11 Å². The monoisotopic (exact) mass is 341 g/mol. The van der Waals surface area contributed by atoms with Crippen molar-refractivity contribution in [2.75, 3.05) is 0 Å². The molecule has 0 aliphatic heterocycles. The number of aliphatic hydroxyl groups is 1. The molecule has 5 fully saturated rings. The molecular weight excluding hydrogens is 306 g/mol. The number of nitriles is 1. The number of aliphatic hydroxyl groups excluding tert-OH is 1. The third kappa shape index (κ3) is 2.24. The van der Waals surface area contributed by atoms with Crippen LogP contribution in [0.15, 0.2) is 0 Å². The van der Waals surface area contributed by atoms with E-state index in [1.165, 1.54) is 64.2 Å². The molecule has 1 spiro atoms. The molecule has 0 aromatic carbocycles. The van der Waals surface area contributed by atoms with Crippen LogP contribution in [0.25, 0.3) is 0 Å². The van der Waals surface area contributed by atoms with E-state index in [-0.39, 0.29) is 6.10 Å². The Morgan fingerprint density at radius 1 is 0.880 bits per heavy atom. The summed E-state index contributed by atoms with van der Waals surface area (Å²) in [4.78, 5) is 0. The Labute approximate surface area is 153 Å². The van der Waals surface area contributed by atoms with Gasteiger partial charge in [0, 0.05) is 5.92 Å². The minimum atomic E-state index is -0.0323. The van der Waals surface area contributed by atoms with Crippen molar-refractivity contribution in [2.24, 2.45) is 46.3 Å². The fourth-order valence-electron chi connectivity index (χ4n) is 9.08. The van der Waals surface area contributed by atoms with Gasteiger partial charge in [-0.2, -0.15) is 5.26 Å². The van der Waals surface area contributed by atoms with Crippen molar-refractivity contribution in [1.29, 1.82) is 5.26 Å². The second-order valence-electron chi connectivity index (χ2n) is 10.7. The third-order valence-electron chi connectivity index (χ3n) is 10.2. The van der Waals surface area contributed by atoms with Gasteiger partial charge in [-0.3, -0.25) is 0 Å². The fraction of sp³-hybridized carbons (Fsp3) is 0.957. The summed E-state index contributed by atoms with van der Waals surface area (Å²) in [5.74, 6) is 4.77. The van der Waals surface area contributed by atoms with Crippen molar-refractivity contribution in [3.63, 3.8) is 0 Å². The zero-order valence-corrected chi connectivity index (χ0v) is 15.9. The highest BCUT2D eigenvalue weighted by Gasteiger charge is 2.62. The highest BCUT2D eigenvalue weighted by molar-refractivity contribution is 5.13. The molecule has 0 amide bonds. The molecule has 1 N–H and O–H groups in total. The van der Waals surface area contributed by atoms with Crippen LogP contribution in [0.2, 0.25) is 0 Å². The maximum Gasteiger partial charge on any atom is 0.0656 e. The van der Waals surface area contributed by atoms with Crippen molar-refractivity contribution in [2.45, 2.75) is 90.1 Å². The Kier molecular flexibility index (Phi) is 3.80. The second kappa shape index (κ2) is 5.72. The van der Waals surface area contributed by atoms with Crippen LogP contribution in [0, 0.1) is 57.7 Å². The molecule has 0 saturated heterocycles. The predicted octanol–water partition coefficient (Wildman–Crippen LogP) is 5.31. The normalized spacial score (nSPS) is 57.6. The molecule has 0 bridgehead atoms. The Morgan fingerprint density at radius 3 is 2.52 bits per heavy atom. The molecule has 5 unspecified atom stereocenters. The largest absolute Gasteiger partial charge is 0.393 e. The van der Waals surface area contributed by atoms with Crippen LogP contribution in [0.5, 0.6) is 0 Å². The molecule has 2 nitrogen and oxygen atoms in total. The molecule has 138 valence electrons. The standard InChI is InChI=1S/C23H35NO/c1-22-10-8-18(25)12-17(22)4-6-19-20(22)9-11-23-13-15(14-24)2-3-16(23)5-7-21(19)23/h15-21,25H,2-13H2,1H3/t15-,16?,17+,18-,19?,20?,21?,22+,23?/m1/s1. The highest BCUT2D eigenvalue weighted by atomic mass is 16.3. The molecule has 5 saturated carbocycles. The fourth-order valence-corrected chi connectivity index (χ4v) is 9.08. The molecule has 0 aromatic rings. The van der Waals surface area contributed by atoms with E-state index < -0.39 is 0 Å². The third-order valence-corrected chi connectivity index (χ3v) is 10.2. The van der Waals surface area contributed by atoms with Gasteiger partial charge in [-0.15, -0.1) is 0 Å². The van der Waals surface area contributed by atoms with Crippen molar-refractivity contribution in [3.8, 4) is 6.07 Å². The molecule has 5 aliphatic rings. The van der Waals surface area contributed by atoms with E-state index in [4.69, 9.17) is 0 Å². The average Bonchev–Trinajstić information content (AvgIpc) is 3.01. The van der Waals surface area contributed by atoms with Crippen LogP contribution in [0.1, 0.15) is 84.0 Å². The molecule has 0 aromatic heterocycles. The highest BCUT2D eigenvalue weighted by Crippen LogP contribution is 2.70. The lowest BCUT2D eigenvalue weighted by Gasteiger charge is -2.62. The Hall–Kier alpha value is -0.550. The van der Waals surface area contributed by atoms with E-state index in [0.29, 0.717) is 16.7 Å². The van der Waals surface area contributed by atoms with E-state index in [2.05, 4.69) is 13.0 Å². The van der Waals surface area contributed by atoms with Gasteiger partial charge in [-0.25, -0.2) is 0 Å². The molecule has 25 heavy (non-hydrogen) atoms. The summed E-state index contributed by atoms with van der Waals surface area (Å²) < 4.78 is 0. The lowest BCUT2D eigenvalue weighted by Crippen LogP contribution is -2.55. The zero-order valence-electron chi connectivity index (χ0n) is 15.9. The molecule has 2 heteroatoms. The molecule has 5 rings (SSSR count). The van der Waals surface area contributed by atoms with Crippen LogP contribution in [-0.4, -0.2) is 11.2 Å². The smallest absolute Gasteiger partial charge is 0.0656 e. The van der Waals surface area contributed by atoms with Gasteiger partial charge in [0.1, 0.15) is 0 Å². The van der Waals surface area contributed by atoms with Gasteiger partial charge in [-0.05, 0) is 117 Å². The van der Waals surface area contributed by atoms with Gasteiger partial charge in [0.25, 0.3) is 0 Å². The topological polar surface area (TPSA) is 44.0 Å². The zero-order chi connectivity index (χ0) is 17.2. The van der Waals surface area contributed by atoms with E-state index in [0.717, 1.165) is 42.4 Å². The summed E-state index contributed by atoms with van der Waals surface area (Å²) in [6, 6.07) is 2.65. The number of rotatable bonds is 0. The van der Waals surface area contributed by atoms with Crippen LogP contribution in [0.3, 0.4) is 0 Å². The van der Waals surface area contributed by atoms with Gasteiger partial charge in [0.05, 0.1) is 12.2 Å². The summed E-state index contributed by atoms with van der Waals surface area (Å²) in [6.07, 6.45) is 15.5. The van der Waals surface area contributed by atoms with E-state index in [1.54, 1.807) is 0 Å². The number of fused-ring (bicyclic) bond motifs is 4. The summed E-state index contributed by atoms with van der Waals surface area (Å²) in [7, 11) is 0. The van der Waals surface area contributed by atoms with Crippen molar-refractivity contribution in [1.82, 2.24) is 0 Å². The number of hydrogen-bond acceptors (Lipinski definition) is 2. The average molecular weight is 342 g/mol. The van der Waals surface area contributed by atoms with Crippen molar-refractivity contribution < 1.29 is 5.11 Å². The number of hydrogen-bond donors (Lipinski definition) is 1. The second-order valence-corrected chi connectivity index (χ2v) is 10.7. The Morgan fingerprint density at radius 2 is 1.68 bits per heavy atom. The number of nitrogens with zero attached hydrogens (tertiary/aromatic N) is 1. The van der Waals surface area contributed by atoms with Gasteiger partial charge >= 0.3 is 0 Å². The van der Waals surface area contributed by atoms with Crippen LogP contribution in [0.4, 0.5) is 0 Å². The first-order valence-electron chi connectivity index (χ1n) is 11.1. The predicted molar refractivity (Wildman–Crippen MR) is 98.5 cm³/mol. The molecule has 9 atom stereocenters. The van der Waals surface area contributed by atoms with Crippen LogP contribution in [-0.2, 0) is 0 Å². The van der Waals surface area contributed by atoms with Crippen LogP contribution < -0.4 is 0 Å². The van der Waals surface area contributed by atoms with Gasteiger partial charge in [-0.1, -0.05) is 6.92 Å². The summed E-state index contributed by atoms with van der Waals surface area (Å²) in [5, 5.41) is 19.8. The lowest BCUT2D eigenvalue weighted by atomic mass is 9.43. The molecule has 0 heterocycles. The Balaban J connectivity index is 1.44. The first-order valence-corrected chi connectivity index (χ1v) is 11.1. The van der Waals surface area contributed by atoms with Crippen molar-refractivity contribution in [3.05, 3.63) is 0 Å². The quantitative estimate of drug-likeness (QED) is 0.649. The lowest BCUT2D eigenvalue weighted by molar-refractivity contribution is -0.138. The maximum atomic E-state index is 10.2. The summed E-state index contributed by atoms with van der Waals surface area (Å²) in [6.45, 7) is 2.59. The Bertz CT molecular complexity index is 581. The first kappa shape index (κ1) is 16.6. The molecule has 0 radical (unpaired) electrons. The van der Waals surface area contributed by atoms with E-state index in [9.17, 15) is 10.4 Å². The van der Waals surface area contributed by atoms with Gasteiger partial charge in [0.2, 0.25) is 0 Å². The SMILES string of the molecule is C[C@]12CC[C@@H](O)C[C@@H]1CCC1C3CCC4CC[C@@H](C#N)CC43CCC12. The van der Waals surface area contributed by atoms with E-state index >= 15 is 0 Å². The minimum absolute atomic E-state index is 0.0323. The maximum absolute atomic E-state index is 10.2. The van der Waals surface area contributed by atoms with E-state index in [1.807, 2.05) is 0 Å². The summed E-state index contributed by atoms with van der Waals surface area (Å²) in [5.41, 5.74) is 1.03. The summed E-state index contributed by atoms with van der Waals surface area (Å²) >= 11 is 0. The molecular formula is C23H35NO. The molecule has 5 aliphatic carbocycles. The van der Waals surface area contributed by atoms with Crippen molar-refractivity contribution >= 4 is 0 Å². The first-order chi connectivity index (χ1) is 12.1.